The van der Waals surface area contributed by atoms with Gasteiger partial charge in [-0.2, -0.15) is 0 Å². The maximum Gasteiger partial charge on any atom is 0.274 e. The van der Waals surface area contributed by atoms with Crippen molar-refractivity contribution in [3.05, 3.63) is 86.8 Å². The molecule has 0 aliphatic carbocycles. The lowest BCUT2D eigenvalue weighted by atomic mass is 10.1. The molecule has 0 unspecified atom stereocenters. The molecule has 0 saturated carbocycles. The number of hydrogen-bond donors (Lipinski definition) is 2. The molecule has 1 aromatic heterocycles. The Bertz CT molecular complexity index is 1050. The lowest BCUT2D eigenvalue weighted by Crippen LogP contribution is -2.24. The van der Waals surface area contributed by atoms with Crippen LogP contribution in [-0.4, -0.2) is 15.7 Å². The second kappa shape index (κ2) is 8.21. The largest absolute Gasteiger partial charge is 0.352 e. The first-order valence-corrected chi connectivity index (χ1v) is 8.93. The zero-order valence-electron chi connectivity index (χ0n) is 15.7. The number of amides is 1. The van der Waals surface area contributed by atoms with Gasteiger partial charge >= 0.3 is 0 Å². The van der Waals surface area contributed by atoms with E-state index in [-0.39, 0.29) is 35.9 Å². The molecule has 0 bridgehead atoms. The number of nitrogens with one attached hydrogen (secondary N) is 2. The molecule has 28 heavy (non-hydrogen) atoms. The minimum atomic E-state index is -0.381. The minimum absolute atomic E-state index is 0.150. The van der Waals surface area contributed by atoms with Crippen LogP contribution < -0.4 is 10.9 Å². The Balaban J connectivity index is 1.62. The summed E-state index contributed by atoms with van der Waals surface area (Å²) in [6.07, 6.45) is 0.432. The van der Waals surface area contributed by atoms with Gasteiger partial charge in [-0.05, 0) is 61.7 Å². The van der Waals surface area contributed by atoms with E-state index < -0.39 is 0 Å². The van der Waals surface area contributed by atoms with E-state index in [2.05, 4.69) is 10.4 Å². The molecular formula is C21H21F2N3O2. The number of aromatic nitrogens is 2. The fourth-order valence-electron chi connectivity index (χ4n) is 2.99. The van der Waals surface area contributed by atoms with Gasteiger partial charge in [0.25, 0.3) is 5.56 Å². The summed E-state index contributed by atoms with van der Waals surface area (Å²) in [6.45, 7) is 3.73. The average molecular weight is 385 g/mol. The second-order valence-corrected chi connectivity index (χ2v) is 6.69. The third-order valence-corrected chi connectivity index (χ3v) is 4.59. The Morgan fingerprint density at radius 1 is 1.11 bits per heavy atom. The van der Waals surface area contributed by atoms with Gasteiger partial charge in [0.05, 0.1) is 5.69 Å². The molecule has 2 N–H and O–H groups in total. The Morgan fingerprint density at radius 2 is 1.82 bits per heavy atom. The first kappa shape index (κ1) is 19.5. The monoisotopic (exact) mass is 385 g/mol. The van der Waals surface area contributed by atoms with E-state index in [0.29, 0.717) is 29.1 Å². The third-order valence-electron chi connectivity index (χ3n) is 4.59. The molecule has 0 radical (unpaired) electrons. The Labute approximate surface area is 161 Å². The number of aromatic amines is 1. The lowest BCUT2D eigenvalue weighted by Gasteiger charge is -2.06. The van der Waals surface area contributed by atoms with Crippen molar-refractivity contribution in [1.29, 1.82) is 0 Å². The van der Waals surface area contributed by atoms with E-state index in [1.807, 2.05) is 0 Å². The van der Waals surface area contributed by atoms with Gasteiger partial charge < -0.3 is 5.32 Å². The Hall–Kier alpha value is -3.22. The van der Waals surface area contributed by atoms with Crippen LogP contribution in [0.1, 0.15) is 28.8 Å². The molecule has 1 heterocycles. The lowest BCUT2D eigenvalue weighted by molar-refractivity contribution is -0.121. The predicted octanol–water partition coefficient (Wildman–Crippen LogP) is 3.31. The summed E-state index contributed by atoms with van der Waals surface area (Å²) in [5.41, 5.74) is 2.77. The minimum Gasteiger partial charge on any atom is -0.352 e. The van der Waals surface area contributed by atoms with E-state index in [1.54, 1.807) is 26.0 Å². The van der Waals surface area contributed by atoms with Crippen molar-refractivity contribution in [2.75, 3.05) is 0 Å². The van der Waals surface area contributed by atoms with Crippen molar-refractivity contribution in [2.24, 2.45) is 0 Å². The first-order valence-electron chi connectivity index (χ1n) is 8.93. The summed E-state index contributed by atoms with van der Waals surface area (Å²) in [5, 5.41) is 5.73. The average Bonchev–Trinajstić information content (AvgIpc) is 2.95. The van der Waals surface area contributed by atoms with Crippen LogP contribution in [0.5, 0.6) is 0 Å². The van der Waals surface area contributed by atoms with Gasteiger partial charge in [-0.1, -0.05) is 12.1 Å². The van der Waals surface area contributed by atoms with Crippen LogP contribution in [0.15, 0.2) is 47.3 Å². The molecule has 3 aromatic rings. The molecule has 0 fully saturated rings. The van der Waals surface area contributed by atoms with Crippen molar-refractivity contribution >= 4 is 5.91 Å². The van der Waals surface area contributed by atoms with Crippen molar-refractivity contribution in [3.63, 3.8) is 0 Å². The summed E-state index contributed by atoms with van der Waals surface area (Å²) < 4.78 is 27.7. The molecule has 1 amide bonds. The fraction of sp³-hybridized carbons (Fsp3) is 0.238. The summed E-state index contributed by atoms with van der Waals surface area (Å²) in [4.78, 5) is 24.7. The van der Waals surface area contributed by atoms with E-state index in [0.717, 1.165) is 5.56 Å². The van der Waals surface area contributed by atoms with Crippen molar-refractivity contribution in [1.82, 2.24) is 15.1 Å². The van der Waals surface area contributed by atoms with E-state index in [4.69, 9.17) is 0 Å². The fourth-order valence-corrected chi connectivity index (χ4v) is 2.99. The molecule has 0 aliphatic heterocycles. The molecule has 146 valence electrons. The molecule has 0 aliphatic rings. The topological polar surface area (TPSA) is 66.9 Å². The van der Waals surface area contributed by atoms with Gasteiger partial charge in [-0.15, -0.1) is 0 Å². The number of nitrogens with zero attached hydrogens (tertiary/aromatic N) is 1. The quantitative estimate of drug-likeness (QED) is 0.684. The number of carbonyl (C=O) groups is 1. The molecule has 2 aromatic carbocycles. The normalized spacial score (nSPS) is 10.9. The summed E-state index contributed by atoms with van der Waals surface area (Å²) >= 11 is 0. The number of rotatable bonds is 6. The number of H-pyrrole nitrogens is 1. The Morgan fingerprint density at radius 3 is 2.50 bits per heavy atom. The number of benzene rings is 2. The zero-order chi connectivity index (χ0) is 20.3. The molecule has 5 nitrogen and oxygen atoms in total. The summed E-state index contributed by atoms with van der Waals surface area (Å²) in [5.74, 6) is -0.862. The van der Waals surface area contributed by atoms with Crippen molar-refractivity contribution in [3.8, 4) is 5.69 Å². The molecule has 0 atom stereocenters. The van der Waals surface area contributed by atoms with Crippen LogP contribution >= 0.6 is 0 Å². The highest BCUT2D eigenvalue weighted by molar-refractivity contribution is 5.76. The smallest absolute Gasteiger partial charge is 0.274 e. The van der Waals surface area contributed by atoms with Crippen LogP contribution in [0.25, 0.3) is 5.69 Å². The van der Waals surface area contributed by atoms with Gasteiger partial charge in [0.2, 0.25) is 5.91 Å². The summed E-state index contributed by atoms with van der Waals surface area (Å²) in [6, 6.07) is 10.3. The standard InChI is InChI=1S/C21H21F2N3O2/c1-13-11-15(3-9-19(13)23)12-24-20(27)10-8-18-14(2)25-26(21(18)28)17-6-4-16(22)5-7-17/h3-7,9,11,25H,8,10,12H2,1-2H3,(H,24,27). The number of aryl methyl sites for hydroxylation is 2. The van der Waals surface area contributed by atoms with Crippen LogP contribution in [-0.2, 0) is 17.8 Å². The van der Waals surface area contributed by atoms with Crippen LogP contribution in [0.3, 0.4) is 0 Å². The van der Waals surface area contributed by atoms with Crippen LogP contribution in [0.2, 0.25) is 0 Å². The SMILES string of the molecule is Cc1cc(CNC(=O)CCc2c(C)[nH]n(-c3ccc(F)cc3)c2=O)ccc1F. The van der Waals surface area contributed by atoms with Gasteiger partial charge in [0, 0.05) is 24.2 Å². The maximum atomic E-state index is 13.3. The predicted molar refractivity (Wildman–Crippen MR) is 102 cm³/mol. The van der Waals surface area contributed by atoms with Gasteiger partial charge in [-0.3, -0.25) is 14.7 Å². The molecule has 3 rings (SSSR count). The number of carbonyl (C=O) groups excluding carboxylic acids is 1. The summed E-state index contributed by atoms with van der Waals surface area (Å²) in [7, 11) is 0. The van der Waals surface area contributed by atoms with E-state index in [1.165, 1.54) is 35.0 Å². The van der Waals surface area contributed by atoms with Gasteiger partial charge in [0.15, 0.2) is 0 Å². The van der Waals surface area contributed by atoms with Crippen molar-refractivity contribution in [2.45, 2.75) is 33.2 Å². The molecule has 0 spiro atoms. The highest BCUT2D eigenvalue weighted by Gasteiger charge is 2.14. The van der Waals surface area contributed by atoms with Crippen LogP contribution in [0, 0.1) is 25.5 Å². The first-order chi connectivity index (χ1) is 13.3. The zero-order valence-corrected chi connectivity index (χ0v) is 15.7. The third kappa shape index (κ3) is 4.36. The molecular weight excluding hydrogens is 364 g/mol. The Kier molecular flexibility index (Phi) is 5.73. The number of hydrogen-bond acceptors (Lipinski definition) is 2. The molecule has 0 saturated heterocycles. The van der Waals surface area contributed by atoms with Crippen LogP contribution in [0.4, 0.5) is 8.78 Å². The van der Waals surface area contributed by atoms with Gasteiger partial charge in [0.1, 0.15) is 11.6 Å². The van der Waals surface area contributed by atoms with Gasteiger partial charge in [-0.25, -0.2) is 13.5 Å². The molecule has 7 heteroatoms. The highest BCUT2D eigenvalue weighted by atomic mass is 19.1. The second-order valence-electron chi connectivity index (χ2n) is 6.69. The van der Waals surface area contributed by atoms with Crippen molar-refractivity contribution < 1.29 is 13.6 Å². The van der Waals surface area contributed by atoms with E-state index >= 15 is 0 Å². The maximum absolute atomic E-state index is 13.3. The highest BCUT2D eigenvalue weighted by Crippen LogP contribution is 2.11. The van der Waals surface area contributed by atoms with E-state index in [9.17, 15) is 18.4 Å². The number of halogens is 2.